The van der Waals surface area contributed by atoms with Crippen LogP contribution in [0.25, 0.3) is 0 Å². The predicted molar refractivity (Wildman–Crippen MR) is 79.5 cm³/mol. The molecule has 1 aromatic rings. The van der Waals surface area contributed by atoms with Crippen molar-refractivity contribution in [2.45, 2.75) is 52.9 Å². The highest BCUT2D eigenvalue weighted by Crippen LogP contribution is 2.28. The van der Waals surface area contributed by atoms with Crippen LogP contribution in [-0.2, 0) is 16.1 Å². The zero-order valence-electron chi connectivity index (χ0n) is 12.5. The molecule has 2 atom stereocenters. The van der Waals surface area contributed by atoms with Crippen molar-refractivity contribution >= 4 is 17.3 Å². The van der Waals surface area contributed by atoms with E-state index in [0.717, 1.165) is 11.6 Å². The minimum Gasteiger partial charge on any atom is -0.455 e. The molecule has 0 aliphatic rings. The van der Waals surface area contributed by atoms with Crippen LogP contribution in [0.5, 0.6) is 0 Å². The first-order valence-electron chi connectivity index (χ1n) is 6.93. The molecule has 1 unspecified atom stereocenters. The normalized spacial score (nSPS) is 14.3. The number of rotatable bonds is 8. The van der Waals surface area contributed by atoms with Crippen LogP contribution in [0.3, 0.4) is 0 Å². The SMILES string of the molecule is CCNC(C[C@@H](OC(C)=O)c1nc(CO)cs1)C(C)C. The lowest BCUT2D eigenvalue weighted by atomic mass is 9.98. The van der Waals surface area contributed by atoms with Crippen molar-refractivity contribution in [3.8, 4) is 0 Å². The number of carbonyl (C=O) groups is 1. The number of esters is 1. The molecule has 1 aromatic heterocycles. The Balaban J connectivity index is 2.84. The third-order valence-electron chi connectivity index (χ3n) is 3.05. The molecule has 0 amide bonds. The third-order valence-corrected chi connectivity index (χ3v) is 4.04. The van der Waals surface area contributed by atoms with Crippen molar-refractivity contribution in [2.24, 2.45) is 5.92 Å². The molecule has 20 heavy (non-hydrogen) atoms. The van der Waals surface area contributed by atoms with E-state index in [1.165, 1.54) is 18.3 Å². The number of carbonyl (C=O) groups excluding carboxylic acids is 1. The van der Waals surface area contributed by atoms with Crippen molar-refractivity contribution in [3.05, 3.63) is 16.1 Å². The van der Waals surface area contributed by atoms with E-state index in [2.05, 4.69) is 31.1 Å². The van der Waals surface area contributed by atoms with Crippen molar-refractivity contribution in [2.75, 3.05) is 6.54 Å². The van der Waals surface area contributed by atoms with Crippen LogP contribution in [0.15, 0.2) is 5.38 Å². The summed E-state index contributed by atoms with van der Waals surface area (Å²) in [7, 11) is 0. The number of ether oxygens (including phenoxy) is 1. The van der Waals surface area contributed by atoms with Crippen molar-refractivity contribution in [3.63, 3.8) is 0 Å². The van der Waals surface area contributed by atoms with Gasteiger partial charge < -0.3 is 15.2 Å². The molecule has 114 valence electrons. The number of hydrogen-bond acceptors (Lipinski definition) is 6. The summed E-state index contributed by atoms with van der Waals surface area (Å²) in [6.07, 6.45) is 0.327. The Kier molecular flexibility index (Phi) is 7.12. The standard InChI is InChI=1S/C14H24N2O3S/c1-5-15-12(9(2)3)6-13(19-10(4)18)14-16-11(7-17)8-20-14/h8-9,12-13,15,17H,5-7H2,1-4H3/t12?,13-/m1/s1. The number of nitrogens with one attached hydrogen (secondary N) is 1. The first-order chi connectivity index (χ1) is 9.47. The van der Waals surface area contributed by atoms with Gasteiger partial charge in [0.25, 0.3) is 0 Å². The second-order valence-electron chi connectivity index (χ2n) is 5.08. The summed E-state index contributed by atoms with van der Waals surface area (Å²) in [5.74, 6) is 0.125. The summed E-state index contributed by atoms with van der Waals surface area (Å²) >= 11 is 1.42. The Morgan fingerprint density at radius 1 is 1.55 bits per heavy atom. The monoisotopic (exact) mass is 300 g/mol. The summed E-state index contributed by atoms with van der Waals surface area (Å²) in [4.78, 5) is 15.6. The minimum atomic E-state index is -0.357. The van der Waals surface area contributed by atoms with Crippen LogP contribution >= 0.6 is 11.3 Å². The van der Waals surface area contributed by atoms with Gasteiger partial charge >= 0.3 is 5.97 Å². The Labute approximate surface area is 124 Å². The molecule has 0 radical (unpaired) electrons. The quantitative estimate of drug-likeness (QED) is 0.721. The Morgan fingerprint density at radius 3 is 2.70 bits per heavy atom. The van der Waals surface area contributed by atoms with Crippen molar-refractivity contribution in [1.82, 2.24) is 10.3 Å². The fourth-order valence-corrected chi connectivity index (χ4v) is 2.88. The number of aromatic nitrogens is 1. The fourth-order valence-electron chi connectivity index (χ4n) is 2.03. The first kappa shape index (κ1) is 17.1. The number of thiazole rings is 1. The number of hydrogen-bond donors (Lipinski definition) is 2. The Hall–Kier alpha value is -0.980. The molecule has 2 N–H and O–H groups in total. The lowest BCUT2D eigenvalue weighted by molar-refractivity contribution is -0.147. The van der Waals surface area contributed by atoms with E-state index in [1.54, 1.807) is 5.38 Å². The summed E-state index contributed by atoms with van der Waals surface area (Å²) in [5.41, 5.74) is 0.617. The van der Waals surface area contributed by atoms with Crippen LogP contribution in [0.1, 0.15) is 50.9 Å². The van der Waals surface area contributed by atoms with Crippen LogP contribution in [0, 0.1) is 5.92 Å². The van der Waals surface area contributed by atoms with Crippen LogP contribution in [0.2, 0.25) is 0 Å². The van der Waals surface area contributed by atoms with E-state index < -0.39 is 0 Å². The van der Waals surface area contributed by atoms with Crippen molar-refractivity contribution < 1.29 is 14.6 Å². The van der Waals surface area contributed by atoms with Gasteiger partial charge in [0.15, 0.2) is 6.10 Å². The van der Waals surface area contributed by atoms with Crippen LogP contribution < -0.4 is 5.32 Å². The smallest absolute Gasteiger partial charge is 0.303 e. The van der Waals surface area contributed by atoms with Crippen molar-refractivity contribution in [1.29, 1.82) is 0 Å². The average molecular weight is 300 g/mol. The summed E-state index contributed by atoms with van der Waals surface area (Å²) in [6, 6.07) is 0.255. The summed E-state index contributed by atoms with van der Waals surface area (Å²) in [6.45, 7) is 8.52. The molecule has 0 saturated heterocycles. The molecular formula is C14H24N2O3S. The van der Waals surface area contributed by atoms with Gasteiger partial charge in [-0.05, 0) is 12.5 Å². The largest absolute Gasteiger partial charge is 0.455 e. The lowest BCUT2D eigenvalue weighted by Crippen LogP contribution is -2.35. The van der Waals surface area contributed by atoms with E-state index in [0.29, 0.717) is 18.0 Å². The summed E-state index contributed by atoms with van der Waals surface area (Å²) in [5, 5.41) is 15.0. The van der Waals surface area contributed by atoms with Gasteiger partial charge in [-0.25, -0.2) is 4.98 Å². The van der Waals surface area contributed by atoms with Gasteiger partial charge in [-0.1, -0.05) is 20.8 Å². The van der Waals surface area contributed by atoms with E-state index >= 15 is 0 Å². The minimum absolute atomic E-state index is 0.0931. The molecule has 0 aliphatic heterocycles. The average Bonchev–Trinajstić information content (AvgIpc) is 2.85. The highest BCUT2D eigenvalue weighted by Gasteiger charge is 2.24. The fraction of sp³-hybridized carbons (Fsp3) is 0.714. The molecule has 5 nitrogen and oxygen atoms in total. The highest BCUT2D eigenvalue weighted by molar-refractivity contribution is 7.09. The van der Waals surface area contributed by atoms with Gasteiger partial charge in [-0.2, -0.15) is 0 Å². The molecule has 0 saturated carbocycles. The Bertz CT molecular complexity index is 420. The van der Waals surface area contributed by atoms with Gasteiger partial charge in [0.2, 0.25) is 0 Å². The number of aliphatic hydroxyl groups is 1. The number of aliphatic hydroxyl groups excluding tert-OH is 1. The first-order valence-corrected chi connectivity index (χ1v) is 7.81. The maximum absolute atomic E-state index is 11.3. The number of nitrogens with zero attached hydrogens (tertiary/aromatic N) is 1. The molecule has 0 aromatic carbocycles. The zero-order valence-corrected chi connectivity index (χ0v) is 13.4. The molecular weight excluding hydrogens is 276 g/mol. The van der Waals surface area contributed by atoms with E-state index in [4.69, 9.17) is 9.84 Å². The lowest BCUT2D eigenvalue weighted by Gasteiger charge is -2.25. The molecule has 0 spiro atoms. The van der Waals surface area contributed by atoms with E-state index in [-0.39, 0.29) is 24.7 Å². The second kappa shape index (κ2) is 8.34. The van der Waals surface area contributed by atoms with E-state index in [1.807, 2.05) is 0 Å². The predicted octanol–water partition coefficient (Wildman–Crippen LogP) is 2.26. The van der Waals surface area contributed by atoms with Gasteiger partial charge in [0, 0.05) is 24.8 Å². The highest BCUT2D eigenvalue weighted by atomic mass is 32.1. The maximum Gasteiger partial charge on any atom is 0.303 e. The van der Waals surface area contributed by atoms with Gasteiger partial charge in [0.1, 0.15) is 5.01 Å². The van der Waals surface area contributed by atoms with Gasteiger partial charge in [-0.3, -0.25) is 4.79 Å². The third kappa shape index (κ3) is 5.19. The van der Waals surface area contributed by atoms with Gasteiger partial charge in [-0.15, -0.1) is 11.3 Å². The second-order valence-corrected chi connectivity index (χ2v) is 5.97. The molecule has 1 heterocycles. The van der Waals surface area contributed by atoms with Gasteiger partial charge in [0.05, 0.1) is 12.3 Å². The summed E-state index contributed by atoms with van der Waals surface area (Å²) < 4.78 is 5.41. The van der Waals surface area contributed by atoms with Crippen LogP contribution in [0.4, 0.5) is 0 Å². The van der Waals surface area contributed by atoms with E-state index in [9.17, 15) is 4.79 Å². The maximum atomic E-state index is 11.3. The Morgan fingerprint density at radius 2 is 2.25 bits per heavy atom. The molecule has 0 bridgehead atoms. The topological polar surface area (TPSA) is 71.5 Å². The van der Waals surface area contributed by atoms with Crippen LogP contribution in [-0.4, -0.2) is 28.6 Å². The molecule has 1 rings (SSSR count). The molecule has 0 aliphatic carbocycles. The molecule has 6 heteroatoms. The molecule has 0 fully saturated rings. The zero-order chi connectivity index (χ0) is 15.1.